The van der Waals surface area contributed by atoms with Crippen LogP contribution < -0.4 is 10.1 Å². The predicted molar refractivity (Wildman–Crippen MR) is 58.0 cm³/mol. The third-order valence-electron chi connectivity index (χ3n) is 1.38. The molecule has 0 atom stereocenters. The molecule has 1 aromatic heterocycles. The second-order valence-electron chi connectivity index (χ2n) is 2.22. The highest BCUT2D eigenvalue weighted by atomic mass is 35.5. The van der Waals surface area contributed by atoms with Crippen molar-refractivity contribution in [3.63, 3.8) is 0 Å². The molecule has 0 aliphatic heterocycles. The summed E-state index contributed by atoms with van der Waals surface area (Å²) in [6, 6.07) is 3.75. The van der Waals surface area contributed by atoms with Gasteiger partial charge in [0.25, 0.3) is 0 Å². The number of hydrogen-bond acceptors (Lipinski definition) is 3. The molecule has 0 bridgehead atoms. The summed E-state index contributed by atoms with van der Waals surface area (Å²) in [4.78, 5) is 4.13. The fraction of sp³-hybridized carbons (Fsp3) is 0.375. The molecule has 1 N–H and O–H groups in total. The van der Waals surface area contributed by atoms with Gasteiger partial charge in [-0.05, 0) is 13.1 Å². The van der Waals surface area contributed by atoms with E-state index >= 15 is 0 Å². The number of halogens is 2. The highest BCUT2D eigenvalue weighted by Crippen LogP contribution is 2.08. The van der Waals surface area contributed by atoms with Crippen LogP contribution in [0.4, 0.5) is 0 Å². The molecule has 13 heavy (non-hydrogen) atoms. The molecule has 0 saturated heterocycles. The summed E-state index contributed by atoms with van der Waals surface area (Å²) in [5, 5.41) is 3.02. The number of nitrogens with zero attached hydrogens (tertiary/aromatic N) is 1. The van der Waals surface area contributed by atoms with Crippen LogP contribution in [0.15, 0.2) is 18.3 Å². The summed E-state index contributed by atoms with van der Waals surface area (Å²) in [6.45, 7) is 0.775. The number of aromatic nitrogens is 1. The van der Waals surface area contributed by atoms with Gasteiger partial charge in [-0.2, -0.15) is 0 Å². The van der Waals surface area contributed by atoms with E-state index in [1.165, 1.54) is 0 Å². The molecule has 0 amide bonds. The lowest BCUT2D eigenvalue weighted by atomic mass is 10.3. The summed E-state index contributed by atoms with van der Waals surface area (Å²) in [5.41, 5.74) is 0.992. The van der Waals surface area contributed by atoms with Gasteiger partial charge in [0.1, 0.15) is 5.75 Å². The van der Waals surface area contributed by atoms with E-state index < -0.39 is 0 Å². The van der Waals surface area contributed by atoms with Crippen LogP contribution in [0, 0.1) is 0 Å². The van der Waals surface area contributed by atoms with Gasteiger partial charge in [-0.25, -0.2) is 0 Å². The number of rotatable bonds is 3. The second kappa shape index (κ2) is 8.10. The molecule has 1 aromatic rings. The number of nitrogens with one attached hydrogen (secondary N) is 1. The van der Waals surface area contributed by atoms with Crippen molar-refractivity contribution < 1.29 is 4.74 Å². The zero-order valence-electron chi connectivity index (χ0n) is 7.61. The zero-order valence-corrected chi connectivity index (χ0v) is 9.24. The quantitative estimate of drug-likeness (QED) is 0.849. The van der Waals surface area contributed by atoms with Crippen molar-refractivity contribution in [3.8, 4) is 5.75 Å². The highest BCUT2D eigenvalue weighted by molar-refractivity contribution is 5.85. The van der Waals surface area contributed by atoms with Crippen molar-refractivity contribution in [2.24, 2.45) is 0 Å². The summed E-state index contributed by atoms with van der Waals surface area (Å²) < 4.78 is 5.03. The van der Waals surface area contributed by atoms with E-state index in [-0.39, 0.29) is 24.8 Å². The van der Waals surface area contributed by atoms with Crippen LogP contribution >= 0.6 is 24.8 Å². The molecule has 0 fully saturated rings. The monoisotopic (exact) mass is 224 g/mol. The van der Waals surface area contributed by atoms with Gasteiger partial charge in [0.2, 0.25) is 0 Å². The zero-order chi connectivity index (χ0) is 8.10. The van der Waals surface area contributed by atoms with Crippen LogP contribution in [-0.2, 0) is 6.54 Å². The van der Waals surface area contributed by atoms with E-state index in [0.29, 0.717) is 0 Å². The Balaban J connectivity index is 0. The molecule has 0 radical (unpaired) electrons. The van der Waals surface area contributed by atoms with E-state index in [2.05, 4.69) is 10.3 Å². The minimum atomic E-state index is 0. The fourth-order valence-corrected chi connectivity index (χ4v) is 0.861. The van der Waals surface area contributed by atoms with Crippen LogP contribution in [0.2, 0.25) is 0 Å². The minimum absolute atomic E-state index is 0. The van der Waals surface area contributed by atoms with Crippen LogP contribution in [0.25, 0.3) is 0 Å². The maximum Gasteiger partial charge on any atom is 0.122 e. The Labute approximate surface area is 90.7 Å². The molecular formula is C8H14Cl2N2O. The number of hydrogen-bond donors (Lipinski definition) is 1. The maximum absolute atomic E-state index is 5.03. The second-order valence-corrected chi connectivity index (χ2v) is 2.22. The first kappa shape index (κ1) is 15.0. The van der Waals surface area contributed by atoms with Gasteiger partial charge in [0, 0.05) is 18.8 Å². The smallest absolute Gasteiger partial charge is 0.122 e. The molecule has 1 heterocycles. The van der Waals surface area contributed by atoms with Crippen molar-refractivity contribution in [2.45, 2.75) is 6.54 Å². The molecule has 0 spiro atoms. The molecule has 0 aliphatic carbocycles. The van der Waals surface area contributed by atoms with E-state index in [1.54, 1.807) is 13.3 Å². The SMILES string of the molecule is CNCc1cc(OC)ccn1.Cl.Cl. The Morgan fingerprint density at radius 2 is 2.15 bits per heavy atom. The summed E-state index contributed by atoms with van der Waals surface area (Å²) in [5.74, 6) is 0.852. The lowest BCUT2D eigenvalue weighted by Crippen LogP contribution is -2.06. The Morgan fingerprint density at radius 1 is 1.46 bits per heavy atom. The lowest BCUT2D eigenvalue weighted by molar-refractivity contribution is 0.413. The average Bonchev–Trinajstić information content (AvgIpc) is 2.06. The van der Waals surface area contributed by atoms with Crippen LogP contribution in [0.3, 0.4) is 0 Å². The van der Waals surface area contributed by atoms with Crippen LogP contribution in [0.5, 0.6) is 5.75 Å². The predicted octanol–water partition coefficient (Wildman–Crippen LogP) is 1.65. The Hall–Kier alpha value is -0.510. The fourth-order valence-electron chi connectivity index (χ4n) is 0.861. The summed E-state index contributed by atoms with van der Waals surface area (Å²) in [7, 11) is 3.54. The first-order chi connectivity index (χ1) is 5.36. The topological polar surface area (TPSA) is 34.1 Å². The van der Waals surface area contributed by atoms with Crippen molar-refractivity contribution in [1.29, 1.82) is 0 Å². The molecule has 0 saturated carbocycles. The molecule has 0 aromatic carbocycles. The third-order valence-corrected chi connectivity index (χ3v) is 1.38. The molecular weight excluding hydrogens is 211 g/mol. The van der Waals surface area contributed by atoms with Gasteiger partial charge in [0.05, 0.1) is 12.8 Å². The lowest BCUT2D eigenvalue weighted by Gasteiger charge is -2.01. The summed E-state index contributed by atoms with van der Waals surface area (Å²) >= 11 is 0. The first-order valence-corrected chi connectivity index (χ1v) is 3.50. The number of pyridine rings is 1. The van der Waals surface area contributed by atoms with Gasteiger partial charge >= 0.3 is 0 Å². The first-order valence-electron chi connectivity index (χ1n) is 3.50. The molecule has 5 heteroatoms. The minimum Gasteiger partial charge on any atom is -0.497 e. The molecule has 0 unspecified atom stereocenters. The van der Waals surface area contributed by atoms with Crippen LogP contribution in [0.1, 0.15) is 5.69 Å². The molecule has 0 aliphatic rings. The number of methoxy groups -OCH3 is 1. The van der Waals surface area contributed by atoms with Crippen molar-refractivity contribution in [2.75, 3.05) is 14.2 Å². The van der Waals surface area contributed by atoms with Gasteiger partial charge < -0.3 is 10.1 Å². The normalized spacial score (nSPS) is 8.15. The molecule has 76 valence electrons. The van der Waals surface area contributed by atoms with Crippen molar-refractivity contribution >= 4 is 24.8 Å². The van der Waals surface area contributed by atoms with Crippen molar-refractivity contribution in [1.82, 2.24) is 10.3 Å². The van der Waals surface area contributed by atoms with E-state index in [0.717, 1.165) is 18.0 Å². The van der Waals surface area contributed by atoms with E-state index in [1.807, 2.05) is 19.2 Å². The van der Waals surface area contributed by atoms with Gasteiger partial charge in [-0.1, -0.05) is 0 Å². The van der Waals surface area contributed by atoms with Gasteiger partial charge in [0.15, 0.2) is 0 Å². The van der Waals surface area contributed by atoms with Crippen molar-refractivity contribution in [3.05, 3.63) is 24.0 Å². The third kappa shape index (κ3) is 4.93. The van der Waals surface area contributed by atoms with Crippen LogP contribution in [-0.4, -0.2) is 19.1 Å². The number of ether oxygens (including phenoxy) is 1. The Morgan fingerprint density at radius 3 is 2.69 bits per heavy atom. The van der Waals surface area contributed by atoms with Gasteiger partial charge in [-0.15, -0.1) is 24.8 Å². The van der Waals surface area contributed by atoms with E-state index in [9.17, 15) is 0 Å². The molecule has 1 rings (SSSR count). The Kier molecular flexibility index (Phi) is 9.34. The molecule has 3 nitrogen and oxygen atoms in total. The van der Waals surface area contributed by atoms with Gasteiger partial charge in [-0.3, -0.25) is 4.98 Å². The highest BCUT2D eigenvalue weighted by Gasteiger charge is 1.93. The average molecular weight is 225 g/mol. The standard InChI is InChI=1S/C8H12N2O.2ClH/c1-9-6-7-5-8(11-2)3-4-10-7;;/h3-5,9H,6H2,1-2H3;2*1H. The summed E-state index contributed by atoms with van der Waals surface area (Å²) in [6.07, 6.45) is 1.74. The largest absolute Gasteiger partial charge is 0.497 e. The Bertz CT molecular complexity index is 233. The maximum atomic E-state index is 5.03. The van der Waals surface area contributed by atoms with E-state index in [4.69, 9.17) is 4.74 Å².